The molecule has 0 N–H and O–H groups in total. The van der Waals surface area contributed by atoms with Crippen LogP contribution < -0.4 is 0 Å². The van der Waals surface area contributed by atoms with Gasteiger partial charge in [-0.25, -0.2) is 0 Å². The second kappa shape index (κ2) is 11.7. The van der Waals surface area contributed by atoms with E-state index in [9.17, 15) is 38.4 Å². The molecule has 12 unspecified atom stereocenters. The normalized spacial score (nSPS) is 47.1. The van der Waals surface area contributed by atoms with Crippen LogP contribution in [0.2, 0.25) is 0 Å². The Morgan fingerprint density at radius 1 is 0.481 bits per heavy atom. The quantitative estimate of drug-likeness (QED) is 0.144. The number of rotatable bonds is 0. The molecule has 8 bridgehead atoms. The van der Waals surface area contributed by atoms with E-state index in [1.165, 1.54) is 0 Å². The summed E-state index contributed by atoms with van der Waals surface area (Å²) in [5.74, 6) is -2.55. The summed E-state index contributed by atoms with van der Waals surface area (Å²) in [6.45, 7) is -0.134. The lowest BCUT2D eigenvalue weighted by atomic mass is 9.72. The highest BCUT2D eigenvalue weighted by Crippen LogP contribution is 2.54. The number of hydrogen-bond donors (Lipinski definition) is 0. The molecule has 16 heteroatoms. The molecule has 12 rings (SSSR count). The fourth-order valence-electron chi connectivity index (χ4n) is 10.2. The fourth-order valence-corrected chi connectivity index (χ4v) is 10.2. The molecule has 0 saturated carbocycles. The Morgan fingerprint density at radius 2 is 1.02 bits per heavy atom. The lowest BCUT2D eigenvalue weighted by Crippen LogP contribution is -2.42. The zero-order chi connectivity index (χ0) is 36.2. The molecule has 10 fully saturated rings. The molecule has 0 aromatic heterocycles. The van der Waals surface area contributed by atoms with Gasteiger partial charge in [0.25, 0.3) is 0 Å². The number of carbonyl (C=O) groups excluding carboxylic acids is 8. The monoisotopic (exact) mass is 724 g/mol. The molecule has 12 heterocycles. The van der Waals surface area contributed by atoms with Gasteiger partial charge in [0.2, 0.25) is 0 Å². The largest absolute Gasteiger partial charge is 0.457 e. The number of hydrogen-bond acceptors (Lipinski definition) is 16. The molecule has 12 aliphatic rings. The Bertz CT molecular complexity index is 1720. The Morgan fingerprint density at radius 3 is 1.40 bits per heavy atom. The van der Waals surface area contributed by atoms with Crippen molar-refractivity contribution in [2.24, 2.45) is 21.7 Å². The lowest BCUT2D eigenvalue weighted by Gasteiger charge is -2.24. The van der Waals surface area contributed by atoms with Crippen LogP contribution in [0.3, 0.4) is 0 Å². The molecule has 12 aliphatic heterocycles. The number of carbonyl (C=O) groups is 8. The van der Waals surface area contributed by atoms with Crippen LogP contribution in [0.1, 0.15) is 64.2 Å². The van der Waals surface area contributed by atoms with Gasteiger partial charge in [-0.2, -0.15) is 0 Å². The van der Waals surface area contributed by atoms with E-state index in [4.69, 9.17) is 28.4 Å². The van der Waals surface area contributed by atoms with Crippen molar-refractivity contribution in [1.29, 1.82) is 0 Å². The average molecular weight is 725 g/mol. The van der Waals surface area contributed by atoms with Gasteiger partial charge in [0.15, 0.2) is 35.6 Å². The van der Waals surface area contributed by atoms with Crippen molar-refractivity contribution in [3.63, 3.8) is 0 Å². The average Bonchev–Trinajstić information content (AvgIpc) is 3.95. The molecular formula is C36H36O16. The molecule has 4 spiro atoms. The van der Waals surface area contributed by atoms with E-state index < -0.39 is 39.6 Å². The molecule has 12 atom stereocenters. The minimum atomic E-state index is -0.987. The third-order valence-electron chi connectivity index (χ3n) is 12.8. The number of ether oxygens (including phenoxy) is 8. The number of ketones is 2. The van der Waals surface area contributed by atoms with E-state index >= 15 is 0 Å². The zero-order valence-electron chi connectivity index (χ0n) is 27.9. The van der Waals surface area contributed by atoms with E-state index in [0.29, 0.717) is 25.7 Å². The lowest BCUT2D eigenvalue weighted by molar-refractivity contribution is -0.157. The van der Waals surface area contributed by atoms with Crippen LogP contribution in [-0.4, -0.2) is 109 Å². The van der Waals surface area contributed by atoms with Gasteiger partial charge in [-0.15, -0.1) is 0 Å². The predicted molar refractivity (Wildman–Crippen MR) is 163 cm³/mol. The first kappa shape index (κ1) is 33.7. The minimum absolute atomic E-state index is 0.00319. The van der Waals surface area contributed by atoms with Crippen molar-refractivity contribution in [3.05, 3.63) is 24.3 Å². The van der Waals surface area contributed by atoms with E-state index in [2.05, 4.69) is 9.47 Å². The second-order valence-electron chi connectivity index (χ2n) is 15.6. The van der Waals surface area contributed by atoms with E-state index in [1.54, 1.807) is 6.08 Å². The first-order valence-corrected chi connectivity index (χ1v) is 17.8. The van der Waals surface area contributed by atoms with E-state index in [1.807, 2.05) is 18.2 Å². The summed E-state index contributed by atoms with van der Waals surface area (Å²) in [4.78, 5) is 90.9. The molecule has 0 radical (unpaired) electrons. The number of Topliss-reactive ketones (excluding diaryl/α,β-unsaturated/α-hetero) is 2. The molecular weight excluding hydrogens is 688 g/mol. The van der Waals surface area contributed by atoms with E-state index in [0.717, 1.165) is 25.7 Å². The van der Waals surface area contributed by atoms with Crippen LogP contribution in [0.15, 0.2) is 24.3 Å². The van der Waals surface area contributed by atoms with Gasteiger partial charge in [0.1, 0.15) is 10.8 Å². The van der Waals surface area contributed by atoms with Crippen molar-refractivity contribution in [2.75, 3.05) is 13.2 Å². The van der Waals surface area contributed by atoms with Crippen LogP contribution in [0, 0.1) is 21.7 Å². The van der Waals surface area contributed by atoms with Gasteiger partial charge in [0, 0.05) is 6.42 Å². The molecule has 276 valence electrons. The fraction of sp³-hybridized carbons (Fsp3) is 0.667. The summed E-state index contributed by atoms with van der Waals surface area (Å²) >= 11 is 0. The van der Waals surface area contributed by atoms with Gasteiger partial charge in [-0.1, -0.05) is 24.3 Å². The Labute approximate surface area is 295 Å². The number of esters is 6. The summed E-state index contributed by atoms with van der Waals surface area (Å²) in [6, 6.07) is 0. The van der Waals surface area contributed by atoms with Crippen LogP contribution >= 0.6 is 0 Å². The van der Waals surface area contributed by atoms with Crippen LogP contribution in [0.4, 0.5) is 0 Å². The molecule has 0 aliphatic carbocycles. The minimum Gasteiger partial charge on any atom is -0.457 e. The van der Waals surface area contributed by atoms with Crippen molar-refractivity contribution in [3.8, 4) is 0 Å². The zero-order valence-corrected chi connectivity index (χ0v) is 27.9. The van der Waals surface area contributed by atoms with Crippen molar-refractivity contribution in [2.45, 2.75) is 113 Å². The second-order valence-corrected chi connectivity index (χ2v) is 15.6. The summed E-state index contributed by atoms with van der Waals surface area (Å²) < 4.78 is 40.7. The molecule has 16 nitrogen and oxygen atoms in total. The molecule has 0 aromatic rings. The summed E-state index contributed by atoms with van der Waals surface area (Å²) in [5.41, 5.74) is -3.17. The predicted octanol–water partition coefficient (Wildman–Crippen LogP) is 0.447. The smallest absolute Gasteiger partial charge is 0.323 e. The Balaban J connectivity index is 0.0000000923. The molecule has 52 heavy (non-hydrogen) atoms. The topological polar surface area (TPSA) is 210 Å². The molecule has 0 amide bonds. The standard InChI is InChI=1S/C9H10O4.C9H8O4.C9H10O4.C9H8O4/c2*10-6-4-12-8(11)9(6)3-5-1-2-7(9)13-5;2*10-7-4-9(8(11)13-7)3-5-1-2-6(9)12-5/h5,7H,1-4H2;1-2,5,7H,3-4H2;5-6H,1-4H2;1-2,5-6H,3-4H2. The first-order chi connectivity index (χ1) is 24.9. The van der Waals surface area contributed by atoms with Gasteiger partial charge in [0.05, 0.1) is 61.7 Å². The highest BCUT2D eigenvalue weighted by atomic mass is 16.6. The van der Waals surface area contributed by atoms with Crippen molar-refractivity contribution < 1.29 is 76.3 Å². The number of fused-ring (bicyclic) bond motifs is 12. The van der Waals surface area contributed by atoms with E-state index in [-0.39, 0.29) is 104 Å². The summed E-state index contributed by atoms with van der Waals surface area (Å²) in [6.07, 6.45) is 13.3. The Kier molecular flexibility index (Phi) is 7.58. The maximum absolute atomic E-state index is 11.6. The van der Waals surface area contributed by atoms with Gasteiger partial charge >= 0.3 is 35.8 Å². The Hall–Kier alpha value is -4.12. The third kappa shape index (κ3) is 4.72. The first-order valence-electron chi connectivity index (χ1n) is 17.8. The molecule has 0 aromatic carbocycles. The molecule has 10 saturated heterocycles. The van der Waals surface area contributed by atoms with Crippen molar-refractivity contribution >= 4 is 47.4 Å². The maximum Gasteiger partial charge on any atom is 0.323 e. The highest BCUT2D eigenvalue weighted by molar-refractivity contribution is 6.11. The van der Waals surface area contributed by atoms with Crippen LogP contribution in [-0.2, 0) is 76.3 Å². The highest BCUT2D eigenvalue weighted by Gasteiger charge is 2.66. The summed E-state index contributed by atoms with van der Waals surface area (Å²) in [7, 11) is 0. The van der Waals surface area contributed by atoms with Gasteiger partial charge in [-0.3, -0.25) is 38.4 Å². The van der Waals surface area contributed by atoms with Crippen molar-refractivity contribution in [1.82, 2.24) is 0 Å². The van der Waals surface area contributed by atoms with Gasteiger partial charge < -0.3 is 37.9 Å². The van der Waals surface area contributed by atoms with Crippen LogP contribution in [0.25, 0.3) is 0 Å². The van der Waals surface area contributed by atoms with Crippen LogP contribution in [0.5, 0.6) is 0 Å². The van der Waals surface area contributed by atoms with Gasteiger partial charge in [-0.05, 0) is 44.9 Å². The maximum atomic E-state index is 11.6. The SMILES string of the molecule is O=C1CC2(CC3C=CC2O3)C(=O)O1.O=C1CC2(CC3CCC2O3)C(=O)O1.O=C1COC(=O)C12CC1C=CC2O1.O=C1COC(=O)C12CC1CCC2O1. The number of cyclic esters (lactones) is 6. The third-order valence-corrected chi connectivity index (χ3v) is 12.8. The summed E-state index contributed by atoms with van der Waals surface area (Å²) in [5, 5.41) is 0.